The fourth-order valence-corrected chi connectivity index (χ4v) is 3.42. The molecular formula is C18H19NO4S. The van der Waals surface area contributed by atoms with Crippen molar-refractivity contribution >= 4 is 23.0 Å². The number of thiophene rings is 1. The highest BCUT2D eigenvalue weighted by Gasteiger charge is 2.43. The summed E-state index contributed by atoms with van der Waals surface area (Å²) >= 11 is 1.33. The van der Waals surface area contributed by atoms with Gasteiger partial charge in [0.1, 0.15) is 17.5 Å². The highest BCUT2D eigenvalue weighted by molar-refractivity contribution is 7.12. The summed E-state index contributed by atoms with van der Waals surface area (Å²) in [5.74, 6) is 0.221. The molecule has 3 rings (SSSR count). The van der Waals surface area contributed by atoms with Crippen LogP contribution >= 0.6 is 11.3 Å². The average Bonchev–Trinajstić information content (AvgIpc) is 3.05. The van der Waals surface area contributed by atoms with E-state index in [2.05, 4.69) is 5.32 Å². The van der Waals surface area contributed by atoms with Crippen molar-refractivity contribution in [2.45, 2.75) is 38.5 Å². The predicted molar refractivity (Wildman–Crippen MR) is 91.7 cm³/mol. The minimum atomic E-state index is -0.948. The van der Waals surface area contributed by atoms with Gasteiger partial charge in [0, 0.05) is 11.1 Å². The van der Waals surface area contributed by atoms with E-state index in [1.807, 2.05) is 5.38 Å². The van der Waals surface area contributed by atoms with E-state index >= 15 is 0 Å². The van der Waals surface area contributed by atoms with E-state index in [0.29, 0.717) is 21.8 Å². The van der Waals surface area contributed by atoms with Crippen LogP contribution in [0.4, 0.5) is 0 Å². The number of hydrogen-bond donors (Lipinski definition) is 2. The maximum atomic E-state index is 12.4. The number of benzene rings is 1. The zero-order chi connectivity index (χ0) is 17.5. The minimum Gasteiger partial charge on any atom is -0.485 e. The van der Waals surface area contributed by atoms with Crippen molar-refractivity contribution < 1.29 is 19.4 Å². The summed E-state index contributed by atoms with van der Waals surface area (Å²) in [5, 5.41) is 15.4. The lowest BCUT2D eigenvalue weighted by atomic mass is 9.85. The SMILES string of the molecule is CC(=O)c1ccc2c(c1)[C@@H](NC(=O)c1cccs1)[C@H](O)C(C)(C)O2. The first-order valence-electron chi connectivity index (χ1n) is 7.66. The number of fused-ring (bicyclic) bond motifs is 1. The standard InChI is InChI=1S/C18H19NO4S/c1-10(20)11-6-7-13-12(9-11)15(16(21)18(2,3)23-13)19-17(22)14-5-4-8-24-14/h4-9,15-16,21H,1-3H3,(H,19,22)/t15-,16+/m1/s1. The maximum Gasteiger partial charge on any atom is 0.261 e. The summed E-state index contributed by atoms with van der Waals surface area (Å²) < 4.78 is 5.86. The van der Waals surface area contributed by atoms with E-state index in [1.54, 1.807) is 44.2 Å². The molecule has 1 aliphatic rings. The van der Waals surface area contributed by atoms with E-state index in [1.165, 1.54) is 18.3 Å². The zero-order valence-electron chi connectivity index (χ0n) is 13.7. The lowest BCUT2D eigenvalue weighted by Crippen LogP contribution is -2.53. The van der Waals surface area contributed by atoms with Crippen LogP contribution in [0, 0.1) is 0 Å². The first-order valence-corrected chi connectivity index (χ1v) is 8.54. The summed E-state index contributed by atoms with van der Waals surface area (Å²) in [5.41, 5.74) is 0.261. The molecule has 0 fully saturated rings. The van der Waals surface area contributed by atoms with Gasteiger partial charge in [0.15, 0.2) is 5.78 Å². The summed E-state index contributed by atoms with van der Waals surface area (Å²) in [6.45, 7) is 5.01. The van der Waals surface area contributed by atoms with Crippen molar-refractivity contribution in [3.63, 3.8) is 0 Å². The molecule has 0 saturated heterocycles. The van der Waals surface area contributed by atoms with Gasteiger partial charge in [-0.1, -0.05) is 6.07 Å². The second-order valence-corrected chi connectivity index (χ2v) is 7.34. The Morgan fingerprint density at radius 3 is 2.67 bits per heavy atom. The molecule has 0 saturated carbocycles. The van der Waals surface area contributed by atoms with E-state index in [4.69, 9.17) is 4.74 Å². The Kier molecular flexibility index (Phi) is 4.19. The van der Waals surface area contributed by atoms with Crippen LogP contribution < -0.4 is 10.1 Å². The molecule has 5 nitrogen and oxygen atoms in total. The average molecular weight is 345 g/mol. The number of carbonyl (C=O) groups is 2. The second kappa shape index (κ2) is 6.03. The van der Waals surface area contributed by atoms with Gasteiger partial charge in [0.25, 0.3) is 5.91 Å². The Labute approximate surface area is 144 Å². The molecule has 0 radical (unpaired) electrons. The largest absolute Gasteiger partial charge is 0.485 e. The fourth-order valence-electron chi connectivity index (χ4n) is 2.80. The Bertz CT molecular complexity index is 782. The number of ketones is 1. The van der Waals surface area contributed by atoms with Crippen LogP contribution in [0.5, 0.6) is 5.75 Å². The molecule has 2 heterocycles. The van der Waals surface area contributed by atoms with Crippen molar-refractivity contribution in [2.75, 3.05) is 0 Å². The van der Waals surface area contributed by atoms with Crippen molar-refractivity contribution in [1.82, 2.24) is 5.32 Å². The summed E-state index contributed by atoms with van der Waals surface area (Å²) in [6, 6.07) is 7.94. The van der Waals surface area contributed by atoms with Crippen LogP contribution in [0.3, 0.4) is 0 Å². The molecule has 1 amide bonds. The van der Waals surface area contributed by atoms with Crippen LogP contribution in [-0.2, 0) is 0 Å². The van der Waals surface area contributed by atoms with Gasteiger partial charge in [-0.05, 0) is 50.4 Å². The Morgan fingerprint density at radius 1 is 1.29 bits per heavy atom. The number of hydrogen-bond acceptors (Lipinski definition) is 5. The van der Waals surface area contributed by atoms with Gasteiger partial charge in [-0.2, -0.15) is 0 Å². The number of Topliss-reactive ketones (excluding diaryl/α,β-unsaturated/α-hetero) is 1. The van der Waals surface area contributed by atoms with E-state index in [0.717, 1.165) is 0 Å². The quantitative estimate of drug-likeness (QED) is 0.839. The molecule has 0 aliphatic carbocycles. The lowest BCUT2D eigenvalue weighted by molar-refractivity contribution is -0.0627. The zero-order valence-corrected chi connectivity index (χ0v) is 14.5. The highest BCUT2D eigenvalue weighted by Crippen LogP contribution is 2.40. The molecule has 2 aromatic rings. The van der Waals surface area contributed by atoms with Gasteiger partial charge in [-0.3, -0.25) is 9.59 Å². The molecule has 0 bridgehead atoms. The number of ether oxygens (including phenoxy) is 1. The van der Waals surface area contributed by atoms with Gasteiger partial charge >= 0.3 is 0 Å². The monoisotopic (exact) mass is 345 g/mol. The van der Waals surface area contributed by atoms with E-state index in [9.17, 15) is 14.7 Å². The van der Waals surface area contributed by atoms with Gasteiger partial charge in [-0.15, -0.1) is 11.3 Å². The van der Waals surface area contributed by atoms with Crippen LogP contribution in [0.25, 0.3) is 0 Å². The molecule has 24 heavy (non-hydrogen) atoms. The van der Waals surface area contributed by atoms with Crippen molar-refractivity contribution in [2.24, 2.45) is 0 Å². The first-order chi connectivity index (χ1) is 11.3. The van der Waals surface area contributed by atoms with Crippen molar-refractivity contribution in [1.29, 1.82) is 0 Å². The van der Waals surface area contributed by atoms with Crippen LogP contribution in [0.2, 0.25) is 0 Å². The van der Waals surface area contributed by atoms with E-state index in [-0.39, 0.29) is 11.7 Å². The maximum absolute atomic E-state index is 12.4. The molecule has 1 aliphatic heterocycles. The van der Waals surface area contributed by atoms with Crippen LogP contribution in [0.1, 0.15) is 52.4 Å². The van der Waals surface area contributed by atoms with Gasteiger partial charge in [0.2, 0.25) is 0 Å². The van der Waals surface area contributed by atoms with Crippen molar-refractivity contribution in [3.05, 3.63) is 51.7 Å². The first kappa shape index (κ1) is 16.7. The molecule has 126 valence electrons. The molecule has 6 heteroatoms. The number of aliphatic hydroxyl groups excluding tert-OH is 1. The molecule has 0 unspecified atom stereocenters. The molecule has 2 atom stereocenters. The van der Waals surface area contributed by atoms with Gasteiger partial charge < -0.3 is 15.2 Å². The molecule has 2 N–H and O–H groups in total. The lowest BCUT2D eigenvalue weighted by Gasteiger charge is -2.42. The third-order valence-corrected chi connectivity index (χ3v) is 5.05. The second-order valence-electron chi connectivity index (χ2n) is 6.39. The third kappa shape index (κ3) is 2.95. The minimum absolute atomic E-state index is 0.0829. The topological polar surface area (TPSA) is 75.6 Å². The molecular weight excluding hydrogens is 326 g/mol. The van der Waals surface area contributed by atoms with Crippen LogP contribution in [-0.4, -0.2) is 28.5 Å². The molecule has 1 aromatic carbocycles. The Hall–Kier alpha value is -2.18. The highest BCUT2D eigenvalue weighted by atomic mass is 32.1. The fraction of sp³-hybridized carbons (Fsp3) is 0.333. The molecule has 1 aromatic heterocycles. The summed E-state index contributed by atoms with van der Waals surface area (Å²) in [4.78, 5) is 24.7. The number of nitrogens with one attached hydrogen (secondary N) is 1. The van der Waals surface area contributed by atoms with Gasteiger partial charge in [-0.25, -0.2) is 0 Å². The number of aliphatic hydroxyl groups is 1. The normalized spacial score (nSPS) is 21.5. The van der Waals surface area contributed by atoms with E-state index < -0.39 is 17.7 Å². The smallest absolute Gasteiger partial charge is 0.261 e. The number of carbonyl (C=O) groups excluding carboxylic acids is 2. The van der Waals surface area contributed by atoms with Crippen molar-refractivity contribution in [3.8, 4) is 5.75 Å². The molecule has 0 spiro atoms. The van der Waals surface area contributed by atoms with Crippen LogP contribution in [0.15, 0.2) is 35.7 Å². The number of amides is 1. The van der Waals surface area contributed by atoms with Gasteiger partial charge in [0.05, 0.1) is 10.9 Å². The summed E-state index contributed by atoms with van der Waals surface area (Å²) in [6.07, 6.45) is -0.948. The third-order valence-electron chi connectivity index (χ3n) is 4.18. The number of rotatable bonds is 3. The Balaban J connectivity index is 2.01. The Morgan fingerprint density at radius 2 is 2.04 bits per heavy atom. The predicted octanol–water partition coefficient (Wildman–Crippen LogP) is 2.95. The summed E-state index contributed by atoms with van der Waals surface area (Å²) in [7, 11) is 0.